The van der Waals surface area contributed by atoms with Crippen LogP contribution >= 0.6 is 0 Å². The van der Waals surface area contributed by atoms with Crippen LogP contribution in [-0.4, -0.2) is 38.1 Å². The standard InChI is InChI=1S/C12H22N2O3/c1-8(2)10(12(16)17-3)14-11(15)9-5-4-6-13-7-9/h8-10,13H,4-7H2,1-3H3,(H,14,15)/t9-,10+/m1/s1. The van der Waals surface area contributed by atoms with E-state index in [1.54, 1.807) is 0 Å². The molecule has 2 N–H and O–H groups in total. The molecule has 1 fully saturated rings. The van der Waals surface area contributed by atoms with E-state index in [9.17, 15) is 9.59 Å². The monoisotopic (exact) mass is 242 g/mol. The van der Waals surface area contributed by atoms with Crippen molar-refractivity contribution in [3.8, 4) is 0 Å². The molecule has 1 aliphatic rings. The fraction of sp³-hybridized carbons (Fsp3) is 0.833. The van der Waals surface area contributed by atoms with E-state index in [0.717, 1.165) is 19.4 Å². The topological polar surface area (TPSA) is 67.4 Å². The number of piperidine rings is 1. The highest BCUT2D eigenvalue weighted by Crippen LogP contribution is 2.12. The molecule has 98 valence electrons. The molecule has 0 unspecified atom stereocenters. The van der Waals surface area contributed by atoms with E-state index in [1.165, 1.54) is 7.11 Å². The summed E-state index contributed by atoms with van der Waals surface area (Å²) in [6.07, 6.45) is 1.88. The van der Waals surface area contributed by atoms with E-state index in [1.807, 2.05) is 13.8 Å². The molecule has 1 amide bonds. The van der Waals surface area contributed by atoms with Crippen LogP contribution in [0.4, 0.5) is 0 Å². The highest BCUT2D eigenvalue weighted by atomic mass is 16.5. The summed E-state index contributed by atoms with van der Waals surface area (Å²) in [6.45, 7) is 5.44. The predicted octanol–water partition coefficient (Wildman–Crippen LogP) is 0.300. The Hall–Kier alpha value is -1.10. The molecule has 5 heteroatoms. The van der Waals surface area contributed by atoms with Gasteiger partial charge in [-0.05, 0) is 25.3 Å². The number of ether oxygens (including phenoxy) is 1. The van der Waals surface area contributed by atoms with Crippen molar-refractivity contribution in [2.45, 2.75) is 32.7 Å². The number of amides is 1. The number of carbonyl (C=O) groups is 2. The zero-order chi connectivity index (χ0) is 12.8. The average molecular weight is 242 g/mol. The molecule has 0 saturated carbocycles. The highest BCUT2D eigenvalue weighted by Gasteiger charge is 2.28. The van der Waals surface area contributed by atoms with Crippen molar-refractivity contribution in [1.82, 2.24) is 10.6 Å². The van der Waals surface area contributed by atoms with Crippen LogP contribution in [0.2, 0.25) is 0 Å². The Bertz CT molecular complexity index is 273. The van der Waals surface area contributed by atoms with E-state index in [0.29, 0.717) is 6.54 Å². The van der Waals surface area contributed by atoms with Gasteiger partial charge >= 0.3 is 5.97 Å². The maximum absolute atomic E-state index is 12.0. The summed E-state index contributed by atoms with van der Waals surface area (Å²) in [5.41, 5.74) is 0. The van der Waals surface area contributed by atoms with Crippen LogP contribution in [0.25, 0.3) is 0 Å². The summed E-state index contributed by atoms with van der Waals surface area (Å²) >= 11 is 0. The number of methoxy groups -OCH3 is 1. The molecule has 0 spiro atoms. The summed E-state index contributed by atoms with van der Waals surface area (Å²) in [6, 6.07) is -0.547. The van der Waals surface area contributed by atoms with Gasteiger partial charge in [0.2, 0.25) is 5.91 Å². The van der Waals surface area contributed by atoms with Crippen molar-refractivity contribution in [2.24, 2.45) is 11.8 Å². The van der Waals surface area contributed by atoms with Crippen LogP contribution in [0.15, 0.2) is 0 Å². The summed E-state index contributed by atoms with van der Waals surface area (Å²) < 4.78 is 4.69. The van der Waals surface area contributed by atoms with E-state index >= 15 is 0 Å². The first-order valence-corrected chi connectivity index (χ1v) is 6.15. The molecule has 0 aliphatic carbocycles. The molecule has 0 radical (unpaired) electrons. The quantitative estimate of drug-likeness (QED) is 0.696. The van der Waals surface area contributed by atoms with E-state index in [2.05, 4.69) is 10.6 Å². The number of rotatable bonds is 4. The molecule has 1 heterocycles. The maximum Gasteiger partial charge on any atom is 0.328 e. The Labute approximate surface area is 102 Å². The first kappa shape index (κ1) is 14.0. The summed E-state index contributed by atoms with van der Waals surface area (Å²) in [4.78, 5) is 23.5. The summed E-state index contributed by atoms with van der Waals surface area (Å²) in [5, 5.41) is 5.97. The van der Waals surface area contributed by atoms with Gasteiger partial charge in [0.15, 0.2) is 0 Å². The number of nitrogens with one attached hydrogen (secondary N) is 2. The van der Waals surface area contributed by atoms with Crippen molar-refractivity contribution in [3.63, 3.8) is 0 Å². The van der Waals surface area contributed by atoms with Gasteiger partial charge < -0.3 is 15.4 Å². The molecule has 0 aromatic rings. The van der Waals surface area contributed by atoms with Crippen molar-refractivity contribution >= 4 is 11.9 Å². The Kier molecular flexibility index (Phi) is 5.41. The maximum atomic E-state index is 12.0. The lowest BCUT2D eigenvalue weighted by atomic mass is 9.97. The molecule has 0 aromatic heterocycles. The molecule has 1 aliphatic heterocycles. The molecule has 0 aromatic carbocycles. The lowest BCUT2D eigenvalue weighted by Crippen LogP contribution is -2.49. The Balaban J connectivity index is 2.54. The van der Waals surface area contributed by atoms with Gasteiger partial charge in [0.1, 0.15) is 6.04 Å². The SMILES string of the molecule is COC(=O)[C@@H](NC(=O)[C@@H]1CCCNC1)C(C)C. The second-order valence-corrected chi connectivity index (χ2v) is 4.80. The second kappa shape index (κ2) is 6.59. The lowest BCUT2D eigenvalue weighted by molar-refractivity contribution is -0.147. The Morgan fingerprint density at radius 1 is 1.41 bits per heavy atom. The minimum Gasteiger partial charge on any atom is -0.467 e. The third-order valence-electron chi connectivity index (χ3n) is 3.09. The van der Waals surface area contributed by atoms with Gasteiger partial charge in [-0.3, -0.25) is 4.79 Å². The molecule has 1 rings (SSSR count). The van der Waals surface area contributed by atoms with Gasteiger partial charge in [-0.25, -0.2) is 4.79 Å². The average Bonchev–Trinajstić information content (AvgIpc) is 2.35. The number of carbonyl (C=O) groups excluding carboxylic acids is 2. The normalized spacial score (nSPS) is 22.0. The van der Waals surface area contributed by atoms with Crippen molar-refractivity contribution < 1.29 is 14.3 Å². The lowest BCUT2D eigenvalue weighted by Gasteiger charge is -2.26. The number of hydrogen-bond acceptors (Lipinski definition) is 4. The molecule has 2 atom stereocenters. The third-order valence-corrected chi connectivity index (χ3v) is 3.09. The fourth-order valence-electron chi connectivity index (χ4n) is 1.97. The van der Waals surface area contributed by atoms with Crippen LogP contribution in [0, 0.1) is 11.8 Å². The molecule has 17 heavy (non-hydrogen) atoms. The predicted molar refractivity (Wildman–Crippen MR) is 64.4 cm³/mol. The Morgan fingerprint density at radius 3 is 2.59 bits per heavy atom. The molecule has 1 saturated heterocycles. The third kappa shape index (κ3) is 4.00. The van der Waals surface area contributed by atoms with Crippen LogP contribution in [0.1, 0.15) is 26.7 Å². The van der Waals surface area contributed by atoms with Crippen molar-refractivity contribution in [3.05, 3.63) is 0 Å². The van der Waals surface area contributed by atoms with Crippen LogP contribution < -0.4 is 10.6 Å². The van der Waals surface area contributed by atoms with Gasteiger partial charge in [-0.15, -0.1) is 0 Å². The first-order valence-electron chi connectivity index (χ1n) is 6.15. The smallest absolute Gasteiger partial charge is 0.328 e. The van der Waals surface area contributed by atoms with E-state index in [-0.39, 0.29) is 23.7 Å². The minimum absolute atomic E-state index is 0.0305. The van der Waals surface area contributed by atoms with E-state index < -0.39 is 6.04 Å². The highest BCUT2D eigenvalue weighted by molar-refractivity contribution is 5.86. The summed E-state index contributed by atoms with van der Waals surface area (Å²) in [5.74, 6) is -0.434. The van der Waals surface area contributed by atoms with Crippen LogP contribution in [0.5, 0.6) is 0 Å². The molecule has 5 nitrogen and oxygen atoms in total. The molecular weight excluding hydrogens is 220 g/mol. The number of hydrogen-bond donors (Lipinski definition) is 2. The summed E-state index contributed by atoms with van der Waals surface area (Å²) in [7, 11) is 1.34. The largest absolute Gasteiger partial charge is 0.467 e. The fourth-order valence-corrected chi connectivity index (χ4v) is 1.97. The first-order chi connectivity index (χ1) is 8.06. The Morgan fingerprint density at radius 2 is 2.12 bits per heavy atom. The van der Waals surface area contributed by atoms with Gasteiger partial charge in [-0.1, -0.05) is 13.8 Å². The zero-order valence-corrected chi connectivity index (χ0v) is 10.8. The van der Waals surface area contributed by atoms with Crippen molar-refractivity contribution in [1.29, 1.82) is 0 Å². The minimum atomic E-state index is -0.547. The van der Waals surface area contributed by atoms with Crippen LogP contribution in [-0.2, 0) is 14.3 Å². The van der Waals surface area contributed by atoms with Gasteiger partial charge in [0.25, 0.3) is 0 Å². The molecular formula is C12H22N2O3. The van der Waals surface area contributed by atoms with E-state index in [4.69, 9.17) is 4.74 Å². The van der Waals surface area contributed by atoms with Gasteiger partial charge in [-0.2, -0.15) is 0 Å². The number of esters is 1. The van der Waals surface area contributed by atoms with Gasteiger partial charge in [0.05, 0.1) is 13.0 Å². The van der Waals surface area contributed by atoms with Crippen LogP contribution in [0.3, 0.4) is 0 Å². The van der Waals surface area contributed by atoms with Crippen molar-refractivity contribution in [2.75, 3.05) is 20.2 Å². The van der Waals surface area contributed by atoms with Gasteiger partial charge in [0, 0.05) is 6.54 Å². The second-order valence-electron chi connectivity index (χ2n) is 4.80. The molecule has 0 bridgehead atoms. The zero-order valence-electron chi connectivity index (χ0n) is 10.8.